The lowest BCUT2D eigenvalue weighted by atomic mass is 10.2. The average Bonchev–Trinajstić information content (AvgIpc) is 2.27. The molecule has 0 fully saturated rings. The Morgan fingerprint density at radius 1 is 1.40 bits per heavy atom. The van der Waals surface area contributed by atoms with Gasteiger partial charge >= 0.3 is 0 Å². The van der Waals surface area contributed by atoms with E-state index in [9.17, 15) is 4.79 Å². The molecule has 0 unspecified atom stereocenters. The van der Waals surface area contributed by atoms with E-state index >= 15 is 0 Å². The number of carbonyl (C=O) groups is 1. The van der Waals surface area contributed by atoms with Crippen LogP contribution < -0.4 is 10.6 Å². The van der Waals surface area contributed by atoms with Gasteiger partial charge in [-0.1, -0.05) is 12.1 Å². The summed E-state index contributed by atoms with van der Waals surface area (Å²) in [5.41, 5.74) is 1.24. The normalized spacial score (nSPS) is 10.0. The van der Waals surface area contributed by atoms with Crippen LogP contribution in [0.15, 0.2) is 29.2 Å². The lowest BCUT2D eigenvalue weighted by Gasteiger charge is -2.04. The largest absolute Gasteiger partial charge is 0.358 e. The minimum Gasteiger partial charge on any atom is -0.358 e. The Labute approximate surface area is 94.6 Å². The van der Waals surface area contributed by atoms with Gasteiger partial charge in [-0.3, -0.25) is 4.79 Å². The molecule has 0 spiro atoms. The lowest BCUT2D eigenvalue weighted by Crippen LogP contribution is -2.19. The Morgan fingerprint density at radius 2 is 2.20 bits per heavy atom. The van der Waals surface area contributed by atoms with E-state index in [4.69, 9.17) is 0 Å². The average molecular weight is 224 g/mol. The highest BCUT2D eigenvalue weighted by atomic mass is 32.2. The van der Waals surface area contributed by atoms with E-state index in [2.05, 4.69) is 22.8 Å². The summed E-state index contributed by atoms with van der Waals surface area (Å²) in [7, 11) is 3.57. The van der Waals surface area contributed by atoms with Gasteiger partial charge in [-0.15, -0.1) is 11.8 Å². The highest BCUT2D eigenvalue weighted by Gasteiger charge is 2.00. The summed E-state index contributed by atoms with van der Waals surface area (Å²) in [6.45, 7) is 0.856. The first kappa shape index (κ1) is 12.1. The SMILES string of the molecule is CNCc1cccc(SCC(=O)NC)c1. The molecular formula is C11H16N2OS. The smallest absolute Gasteiger partial charge is 0.230 e. The van der Waals surface area contributed by atoms with E-state index in [0.29, 0.717) is 5.75 Å². The molecule has 2 N–H and O–H groups in total. The molecule has 0 aliphatic heterocycles. The third-order valence-corrected chi connectivity index (χ3v) is 2.92. The molecule has 4 heteroatoms. The van der Waals surface area contributed by atoms with Gasteiger partial charge in [0.1, 0.15) is 0 Å². The number of benzene rings is 1. The molecular weight excluding hydrogens is 208 g/mol. The van der Waals surface area contributed by atoms with E-state index in [1.165, 1.54) is 5.56 Å². The zero-order valence-corrected chi connectivity index (χ0v) is 9.86. The number of rotatable bonds is 5. The van der Waals surface area contributed by atoms with E-state index in [-0.39, 0.29) is 5.91 Å². The maximum absolute atomic E-state index is 11.1. The second-order valence-corrected chi connectivity index (χ2v) is 4.19. The van der Waals surface area contributed by atoms with Gasteiger partial charge in [0.15, 0.2) is 0 Å². The summed E-state index contributed by atoms with van der Waals surface area (Å²) < 4.78 is 0. The highest BCUT2D eigenvalue weighted by Crippen LogP contribution is 2.18. The molecule has 82 valence electrons. The maximum Gasteiger partial charge on any atom is 0.230 e. The summed E-state index contributed by atoms with van der Waals surface area (Å²) in [5, 5.41) is 5.70. The fourth-order valence-corrected chi connectivity index (χ4v) is 2.02. The standard InChI is InChI=1S/C11H16N2OS/c1-12-7-9-4-3-5-10(6-9)15-8-11(14)13-2/h3-6,12H,7-8H2,1-2H3,(H,13,14). The Balaban J connectivity index is 2.53. The molecule has 0 saturated carbocycles. The molecule has 0 atom stereocenters. The fraction of sp³-hybridized carbons (Fsp3) is 0.364. The number of nitrogens with one attached hydrogen (secondary N) is 2. The van der Waals surface area contributed by atoms with Crippen molar-refractivity contribution in [2.45, 2.75) is 11.4 Å². The third kappa shape index (κ3) is 4.36. The van der Waals surface area contributed by atoms with Crippen LogP contribution in [0.1, 0.15) is 5.56 Å². The van der Waals surface area contributed by atoms with E-state index < -0.39 is 0 Å². The Bertz CT molecular complexity index is 328. The van der Waals surface area contributed by atoms with Crippen molar-refractivity contribution >= 4 is 17.7 Å². The van der Waals surface area contributed by atoms with Crippen LogP contribution in [0, 0.1) is 0 Å². The second kappa shape index (κ2) is 6.48. The van der Waals surface area contributed by atoms with Gasteiger partial charge in [-0.25, -0.2) is 0 Å². The quantitative estimate of drug-likeness (QED) is 0.739. The molecule has 0 saturated heterocycles. The molecule has 1 rings (SSSR count). The maximum atomic E-state index is 11.1. The molecule has 1 aromatic carbocycles. The van der Waals surface area contributed by atoms with Crippen molar-refractivity contribution in [3.8, 4) is 0 Å². The summed E-state index contributed by atoms with van der Waals surface area (Å²) in [5.74, 6) is 0.526. The molecule has 0 aromatic heterocycles. The molecule has 15 heavy (non-hydrogen) atoms. The summed E-state index contributed by atoms with van der Waals surface area (Å²) >= 11 is 1.55. The van der Waals surface area contributed by atoms with Gasteiger partial charge in [0.05, 0.1) is 5.75 Å². The van der Waals surface area contributed by atoms with Crippen molar-refractivity contribution in [2.75, 3.05) is 19.8 Å². The van der Waals surface area contributed by atoms with E-state index in [0.717, 1.165) is 11.4 Å². The molecule has 1 aromatic rings. The van der Waals surface area contributed by atoms with Crippen LogP contribution in [-0.2, 0) is 11.3 Å². The second-order valence-electron chi connectivity index (χ2n) is 3.14. The van der Waals surface area contributed by atoms with Crippen molar-refractivity contribution in [1.82, 2.24) is 10.6 Å². The molecule has 0 heterocycles. The van der Waals surface area contributed by atoms with Crippen LogP contribution in [0.25, 0.3) is 0 Å². The van der Waals surface area contributed by atoms with Gasteiger partial charge in [0.25, 0.3) is 0 Å². The number of carbonyl (C=O) groups excluding carboxylic acids is 1. The molecule has 0 aliphatic rings. The Hall–Kier alpha value is -1.00. The van der Waals surface area contributed by atoms with Crippen molar-refractivity contribution < 1.29 is 4.79 Å². The van der Waals surface area contributed by atoms with Gasteiger partial charge < -0.3 is 10.6 Å². The summed E-state index contributed by atoms with van der Waals surface area (Å²) in [6.07, 6.45) is 0. The first-order valence-electron chi connectivity index (χ1n) is 4.83. The van der Waals surface area contributed by atoms with Crippen LogP contribution >= 0.6 is 11.8 Å². The van der Waals surface area contributed by atoms with Crippen molar-refractivity contribution in [3.63, 3.8) is 0 Å². The first-order valence-corrected chi connectivity index (χ1v) is 5.81. The number of thioether (sulfide) groups is 1. The molecule has 0 aliphatic carbocycles. The summed E-state index contributed by atoms with van der Waals surface area (Å²) in [4.78, 5) is 12.2. The number of amides is 1. The molecule has 0 bridgehead atoms. The number of hydrogen-bond acceptors (Lipinski definition) is 3. The topological polar surface area (TPSA) is 41.1 Å². The summed E-state index contributed by atoms with van der Waals surface area (Å²) in [6, 6.07) is 8.20. The van der Waals surface area contributed by atoms with Crippen molar-refractivity contribution in [3.05, 3.63) is 29.8 Å². The van der Waals surface area contributed by atoms with Crippen LogP contribution in [0.4, 0.5) is 0 Å². The third-order valence-electron chi connectivity index (χ3n) is 1.93. The monoisotopic (exact) mass is 224 g/mol. The van der Waals surface area contributed by atoms with Crippen LogP contribution in [0.2, 0.25) is 0 Å². The van der Waals surface area contributed by atoms with Crippen molar-refractivity contribution in [1.29, 1.82) is 0 Å². The van der Waals surface area contributed by atoms with Gasteiger partial charge in [0, 0.05) is 18.5 Å². The first-order chi connectivity index (χ1) is 7.26. The predicted octanol–water partition coefficient (Wildman–Crippen LogP) is 1.24. The van der Waals surface area contributed by atoms with Gasteiger partial charge in [-0.2, -0.15) is 0 Å². The highest BCUT2D eigenvalue weighted by molar-refractivity contribution is 8.00. The van der Waals surface area contributed by atoms with Gasteiger partial charge in [-0.05, 0) is 24.7 Å². The van der Waals surface area contributed by atoms with Crippen molar-refractivity contribution in [2.24, 2.45) is 0 Å². The zero-order valence-electron chi connectivity index (χ0n) is 9.04. The molecule has 3 nitrogen and oxygen atoms in total. The lowest BCUT2D eigenvalue weighted by molar-refractivity contribution is -0.118. The van der Waals surface area contributed by atoms with Crippen LogP contribution in [0.5, 0.6) is 0 Å². The fourth-order valence-electron chi connectivity index (χ4n) is 1.17. The minimum atomic E-state index is 0.0546. The number of hydrogen-bond donors (Lipinski definition) is 2. The molecule has 0 radical (unpaired) electrons. The Morgan fingerprint density at radius 3 is 2.87 bits per heavy atom. The molecule has 1 amide bonds. The van der Waals surface area contributed by atoms with Crippen LogP contribution in [0.3, 0.4) is 0 Å². The zero-order chi connectivity index (χ0) is 11.1. The van der Waals surface area contributed by atoms with Crippen LogP contribution in [-0.4, -0.2) is 25.8 Å². The Kier molecular flexibility index (Phi) is 5.21. The van der Waals surface area contributed by atoms with Gasteiger partial charge in [0.2, 0.25) is 5.91 Å². The van der Waals surface area contributed by atoms with E-state index in [1.54, 1.807) is 18.8 Å². The minimum absolute atomic E-state index is 0.0546. The predicted molar refractivity (Wildman–Crippen MR) is 64.0 cm³/mol. The van der Waals surface area contributed by atoms with E-state index in [1.807, 2.05) is 19.2 Å².